The number of rotatable bonds is 8. The fourth-order valence-electron chi connectivity index (χ4n) is 3.71. The first-order valence-corrected chi connectivity index (χ1v) is 12.0. The van der Waals surface area contributed by atoms with Crippen LogP contribution in [-0.2, 0) is 14.3 Å². The highest BCUT2D eigenvalue weighted by atomic mass is 32.2. The number of allylic oxidation sites excluding steroid dienone is 1. The quantitative estimate of drug-likeness (QED) is 0.448. The van der Waals surface area contributed by atoms with E-state index in [9.17, 15) is 19.2 Å². The van der Waals surface area contributed by atoms with E-state index in [1.807, 2.05) is 0 Å². The molecule has 1 N–H and O–H groups in total. The average Bonchev–Trinajstić information content (AvgIpc) is 2.80. The van der Waals surface area contributed by atoms with E-state index in [1.165, 1.54) is 23.4 Å². The van der Waals surface area contributed by atoms with Crippen molar-refractivity contribution in [2.45, 2.75) is 27.2 Å². The minimum Gasteiger partial charge on any atom is -0.462 e. The molecule has 10 heteroatoms. The number of benzene rings is 1. The molecular weight excluding hydrogens is 456 g/mol. The van der Waals surface area contributed by atoms with Gasteiger partial charge in [0.2, 0.25) is 5.91 Å². The maximum Gasteiger partial charge on any atom is 0.445 e. The lowest BCUT2D eigenvalue weighted by Crippen LogP contribution is -2.52. The number of dihydropyridines is 1. The lowest BCUT2D eigenvalue weighted by molar-refractivity contribution is -0.407. The van der Waals surface area contributed by atoms with Crippen LogP contribution in [-0.4, -0.2) is 71.8 Å². The molecule has 34 heavy (non-hydrogen) atoms. The Labute approximate surface area is 202 Å². The van der Waals surface area contributed by atoms with Crippen molar-refractivity contribution < 1.29 is 28.5 Å². The number of fused-ring (bicyclic) bond motifs is 1. The maximum atomic E-state index is 13.0. The van der Waals surface area contributed by atoms with Gasteiger partial charge in [-0.3, -0.25) is 9.59 Å². The van der Waals surface area contributed by atoms with E-state index in [4.69, 9.17) is 4.74 Å². The fraction of sp³-hybridized carbons (Fsp3) is 0.417. The largest absolute Gasteiger partial charge is 0.462 e. The summed E-state index contributed by atoms with van der Waals surface area (Å²) in [4.78, 5) is 56.1. The molecule has 0 aromatic heterocycles. The van der Waals surface area contributed by atoms with Gasteiger partial charge in [-0.2, -0.15) is 9.48 Å². The number of nitrogens with zero attached hydrogens (tertiary/aromatic N) is 3. The predicted octanol–water partition coefficient (Wildman–Crippen LogP) is 3.17. The summed E-state index contributed by atoms with van der Waals surface area (Å²) >= 11 is 1.28. The van der Waals surface area contributed by atoms with Crippen molar-refractivity contribution in [2.75, 3.05) is 31.8 Å². The molecule has 1 atom stereocenters. The molecule has 3 rings (SSSR count). The van der Waals surface area contributed by atoms with Crippen LogP contribution in [0.15, 0.2) is 39.7 Å². The van der Waals surface area contributed by atoms with Gasteiger partial charge in [-0.1, -0.05) is 13.8 Å². The molecule has 2 aliphatic rings. The standard InChI is InChI=1S/C24H28N4O5S/c1-6-33-23(31)15-7-9-17(10-8-15)26-18(29)13-34-20-16(11-14(2)3)12-25-21-19(20)22(30)28(5)24(32)27(21)4/h7-10,12,14,19H,6,11,13H2,1-5H3/p+1. The number of ether oxygens (including phenoxy) is 1. The number of aliphatic imine (C=N–C) groups is 1. The number of amides is 4. The Kier molecular flexibility index (Phi) is 8.03. The number of carbonyl (C=O) groups is 4. The number of esters is 1. The third kappa shape index (κ3) is 5.44. The molecule has 4 amide bonds. The van der Waals surface area contributed by atoms with E-state index in [0.29, 0.717) is 29.4 Å². The van der Waals surface area contributed by atoms with Crippen LogP contribution in [0.1, 0.15) is 37.6 Å². The van der Waals surface area contributed by atoms with Crippen molar-refractivity contribution in [3.05, 3.63) is 40.3 Å². The molecule has 180 valence electrons. The lowest BCUT2D eigenvalue weighted by atomic mass is 9.94. The Hall–Kier alpha value is -3.27. The zero-order valence-electron chi connectivity index (χ0n) is 20.0. The van der Waals surface area contributed by atoms with Gasteiger partial charge in [0.05, 0.1) is 32.0 Å². The topological polar surface area (TPSA) is 108 Å². The number of urea groups is 1. The molecule has 0 bridgehead atoms. The first kappa shape index (κ1) is 25.4. The molecule has 0 spiro atoms. The number of anilines is 1. The van der Waals surface area contributed by atoms with Gasteiger partial charge < -0.3 is 10.1 Å². The SMILES string of the molecule is CCOC(=O)c1ccc(NC(=O)CSC2=C(CC(C)C)C=NC3=[N+](C)C(=O)N(C)C(=O)C23)cc1. The third-order valence-electron chi connectivity index (χ3n) is 5.35. The highest BCUT2D eigenvalue weighted by Gasteiger charge is 2.48. The van der Waals surface area contributed by atoms with Crippen molar-refractivity contribution in [1.82, 2.24) is 4.90 Å². The number of thioether (sulfide) groups is 1. The Balaban J connectivity index is 1.77. The Morgan fingerprint density at radius 1 is 1.24 bits per heavy atom. The minimum absolute atomic E-state index is 0.0723. The molecule has 1 aromatic rings. The number of nitrogens with one attached hydrogen (secondary N) is 1. The number of amidine groups is 1. The molecule has 0 saturated heterocycles. The zero-order valence-corrected chi connectivity index (χ0v) is 20.8. The van der Waals surface area contributed by atoms with Gasteiger partial charge >= 0.3 is 17.9 Å². The molecule has 2 heterocycles. The highest BCUT2D eigenvalue weighted by Crippen LogP contribution is 2.36. The number of hydrogen-bond donors (Lipinski definition) is 1. The van der Waals surface area contributed by atoms with Gasteiger partial charge in [0.15, 0.2) is 5.92 Å². The van der Waals surface area contributed by atoms with E-state index in [-0.39, 0.29) is 24.2 Å². The lowest BCUT2D eigenvalue weighted by Gasteiger charge is -2.28. The summed E-state index contributed by atoms with van der Waals surface area (Å²) in [6.45, 7) is 6.16. The van der Waals surface area contributed by atoms with Crippen LogP contribution >= 0.6 is 11.8 Å². The molecule has 9 nitrogen and oxygen atoms in total. The number of carbonyl (C=O) groups excluding carboxylic acids is 4. The summed E-state index contributed by atoms with van der Waals surface area (Å²) in [6.07, 6.45) is 2.39. The first-order valence-electron chi connectivity index (χ1n) is 11.0. The van der Waals surface area contributed by atoms with Gasteiger partial charge in [0.1, 0.15) is 6.21 Å². The summed E-state index contributed by atoms with van der Waals surface area (Å²) in [6, 6.07) is 6.02. The zero-order chi connectivity index (χ0) is 25.0. The van der Waals surface area contributed by atoms with E-state index in [2.05, 4.69) is 24.2 Å². The van der Waals surface area contributed by atoms with Gasteiger partial charge in [0, 0.05) is 10.6 Å². The van der Waals surface area contributed by atoms with Crippen molar-refractivity contribution in [3.8, 4) is 0 Å². The molecule has 0 radical (unpaired) electrons. The summed E-state index contributed by atoms with van der Waals surface area (Å²) < 4.78 is 6.34. The molecular formula is C24H29N4O5S+. The monoisotopic (exact) mass is 485 g/mol. The summed E-state index contributed by atoms with van der Waals surface area (Å²) in [7, 11) is 3.04. The van der Waals surface area contributed by atoms with Crippen molar-refractivity contribution >= 4 is 53.3 Å². The van der Waals surface area contributed by atoms with E-state index in [0.717, 1.165) is 15.4 Å². The summed E-state index contributed by atoms with van der Waals surface area (Å²) in [5, 5.41) is 2.81. The molecule has 1 unspecified atom stereocenters. The average molecular weight is 486 g/mol. The molecule has 0 saturated carbocycles. The fourth-order valence-corrected chi connectivity index (χ4v) is 4.77. The van der Waals surface area contributed by atoms with Gasteiger partial charge in [0.25, 0.3) is 5.84 Å². The van der Waals surface area contributed by atoms with Crippen LogP contribution in [0.2, 0.25) is 0 Å². The number of hydrogen-bond acceptors (Lipinski definition) is 7. The first-order chi connectivity index (χ1) is 16.1. The van der Waals surface area contributed by atoms with Crippen LogP contribution in [0, 0.1) is 11.8 Å². The highest BCUT2D eigenvalue weighted by molar-refractivity contribution is 8.03. The minimum atomic E-state index is -0.715. The van der Waals surface area contributed by atoms with E-state index in [1.54, 1.807) is 44.5 Å². The van der Waals surface area contributed by atoms with Gasteiger partial charge in [-0.25, -0.2) is 9.59 Å². The molecule has 1 aromatic carbocycles. The second-order valence-electron chi connectivity index (χ2n) is 8.41. The van der Waals surface area contributed by atoms with Crippen molar-refractivity contribution in [1.29, 1.82) is 0 Å². The summed E-state index contributed by atoms with van der Waals surface area (Å²) in [5.74, 6) is -0.975. The van der Waals surface area contributed by atoms with E-state index >= 15 is 0 Å². The predicted molar refractivity (Wildman–Crippen MR) is 131 cm³/mol. The van der Waals surface area contributed by atoms with E-state index < -0.39 is 17.9 Å². The normalized spacial score (nSPS) is 17.9. The second-order valence-corrected chi connectivity index (χ2v) is 9.43. The van der Waals surface area contributed by atoms with Crippen LogP contribution in [0.25, 0.3) is 0 Å². The van der Waals surface area contributed by atoms with Crippen LogP contribution in [0.3, 0.4) is 0 Å². The van der Waals surface area contributed by atoms with Crippen LogP contribution in [0.5, 0.6) is 0 Å². The van der Waals surface area contributed by atoms with Crippen LogP contribution < -0.4 is 5.32 Å². The summed E-state index contributed by atoms with van der Waals surface area (Å²) in [5.41, 5.74) is 1.84. The Bertz CT molecular complexity index is 1100. The van der Waals surface area contributed by atoms with Crippen molar-refractivity contribution in [3.63, 3.8) is 0 Å². The van der Waals surface area contributed by atoms with Gasteiger partial charge in [-0.15, -0.1) is 16.8 Å². The second kappa shape index (κ2) is 10.8. The smallest absolute Gasteiger partial charge is 0.445 e. The Morgan fingerprint density at radius 2 is 1.91 bits per heavy atom. The molecule has 0 fully saturated rings. The molecule has 0 aliphatic carbocycles. The molecule has 2 aliphatic heterocycles. The van der Waals surface area contributed by atoms with Gasteiger partial charge in [-0.05, 0) is 49.1 Å². The maximum absolute atomic E-state index is 13.0. The van der Waals surface area contributed by atoms with Crippen molar-refractivity contribution in [2.24, 2.45) is 16.8 Å². The van der Waals surface area contributed by atoms with Crippen LogP contribution in [0.4, 0.5) is 10.5 Å². The third-order valence-corrected chi connectivity index (χ3v) is 6.57. The Morgan fingerprint density at radius 3 is 2.53 bits per heavy atom. The number of imide groups is 1.